The summed E-state index contributed by atoms with van der Waals surface area (Å²) in [4.78, 5) is 26.0. The van der Waals surface area contributed by atoms with Gasteiger partial charge in [-0.3, -0.25) is 9.59 Å². The Kier molecular flexibility index (Phi) is 6.09. The van der Waals surface area contributed by atoms with E-state index in [1.54, 1.807) is 29.0 Å². The van der Waals surface area contributed by atoms with Crippen molar-refractivity contribution in [2.45, 2.75) is 6.92 Å². The Bertz CT molecular complexity index is 1080. The first-order valence-corrected chi connectivity index (χ1v) is 9.61. The molecule has 144 valence electrons. The minimum absolute atomic E-state index is 0.232. The number of thiophene rings is 1. The number of nitrogens with one attached hydrogen (secondary N) is 1. The molecule has 0 aliphatic rings. The van der Waals surface area contributed by atoms with E-state index in [9.17, 15) is 14.9 Å². The first-order chi connectivity index (χ1) is 13.5. The molecular weight excluding hydrogens is 400 g/mol. The lowest BCUT2D eigenvalue weighted by Gasteiger charge is -2.08. The van der Waals surface area contributed by atoms with E-state index >= 15 is 0 Å². The summed E-state index contributed by atoms with van der Waals surface area (Å²) in [5, 5.41) is 17.7. The number of aryl methyl sites for hydroxylation is 1. The van der Waals surface area contributed by atoms with E-state index in [-0.39, 0.29) is 6.54 Å². The van der Waals surface area contributed by atoms with Gasteiger partial charge in [-0.25, -0.2) is 4.68 Å². The molecule has 1 N–H and O–H groups in total. The molecule has 9 heteroatoms. The number of carbonyl (C=O) groups excluding carboxylic acids is 2. The highest BCUT2D eigenvalue weighted by Gasteiger charge is 2.29. The molecule has 0 spiro atoms. The fraction of sp³-hybridized carbons (Fsp3) is 0.263. The molecule has 1 atom stereocenters. The number of nitriles is 1. The largest absolute Gasteiger partial charge is 0.383 e. The van der Waals surface area contributed by atoms with Gasteiger partial charge in [0.1, 0.15) is 4.83 Å². The van der Waals surface area contributed by atoms with Crippen LogP contribution in [0, 0.1) is 24.2 Å². The number of nitrogens with zero attached hydrogens (tertiary/aromatic N) is 3. The molecule has 0 saturated heterocycles. The van der Waals surface area contributed by atoms with Gasteiger partial charge >= 0.3 is 0 Å². The summed E-state index contributed by atoms with van der Waals surface area (Å²) < 4.78 is 6.56. The van der Waals surface area contributed by atoms with Crippen LogP contribution in [0.2, 0.25) is 5.02 Å². The highest BCUT2D eigenvalue weighted by Crippen LogP contribution is 2.32. The fourth-order valence-electron chi connectivity index (χ4n) is 2.71. The molecule has 3 aromatic rings. The van der Waals surface area contributed by atoms with Gasteiger partial charge in [-0.15, -0.1) is 11.3 Å². The zero-order valence-electron chi connectivity index (χ0n) is 15.2. The van der Waals surface area contributed by atoms with Crippen molar-refractivity contribution >= 4 is 44.8 Å². The number of rotatable bonds is 7. The Morgan fingerprint density at radius 3 is 2.89 bits per heavy atom. The molecule has 2 heterocycles. The standard InChI is InChI=1S/C19H17ClN4O3S/c1-11-14-9-16(17(25)15(10-21)18(26)22-6-7-27-2)28-19(14)24(23-11)13-5-3-4-12(20)8-13/h3-5,8-9,15H,6-7H2,1-2H3,(H,22,26). The highest BCUT2D eigenvalue weighted by atomic mass is 35.5. The third-order valence-corrected chi connectivity index (χ3v) is 5.46. The van der Waals surface area contributed by atoms with Crippen LogP contribution in [0.15, 0.2) is 30.3 Å². The Labute approximate surface area is 170 Å². The molecule has 0 fully saturated rings. The molecule has 1 aromatic carbocycles. The number of fused-ring (bicyclic) bond motifs is 1. The minimum atomic E-state index is -1.41. The van der Waals surface area contributed by atoms with Crippen molar-refractivity contribution in [3.63, 3.8) is 0 Å². The summed E-state index contributed by atoms with van der Waals surface area (Å²) in [6.45, 7) is 2.37. The molecule has 3 rings (SSSR count). The van der Waals surface area contributed by atoms with Gasteiger partial charge in [-0.2, -0.15) is 10.4 Å². The molecule has 0 radical (unpaired) electrons. The lowest BCUT2D eigenvalue weighted by atomic mass is 10.0. The quantitative estimate of drug-likeness (QED) is 0.362. The number of ketones is 1. The summed E-state index contributed by atoms with van der Waals surface area (Å²) in [6.07, 6.45) is 0. The maximum absolute atomic E-state index is 12.8. The third-order valence-electron chi connectivity index (χ3n) is 4.10. The van der Waals surface area contributed by atoms with E-state index in [2.05, 4.69) is 10.4 Å². The minimum Gasteiger partial charge on any atom is -0.383 e. The molecule has 0 aliphatic carbocycles. The van der Waals surface area contributed by atoms with Crippen LogP contribution in [0.5, 0.6) is 0 Å². The smallest absolute Gasteiger partial charge is 0.245 e. The number of hydrogen-bond donors (Lipinski definition) is 1. The summed E-state index contributed by atoms with van der Waals surface area (Å²) in [7, 11) is 1.50. The van der Waals surface area contributed by atoms with Crippen molar-refractivity contribution in [2.24, 2.45) is 5.92 Å². The Balaban J connectivity index is 1.94. The van der Waals surface area contributed by atoms with Gasteiger partial charge in [-0.05, 0) is 31.2 Å². The number of amides is 1. The number of benzene rings is 1. The van der Waals surface area contributed by atoms with Crippen molar-refractivity contribution < 1.29 is 14.3 Å². The van der Waals surface area contributed by atoms with Crippen LogP contribution < -0.4 is 5.32 Å². The van der Waals surface area contributed by atoms with E-state index in [1.165, 1.54) is 18.4 Å². The normalized spacial score (nSPS) is 11.9. The molecule has 0 saturated carbocycles. The van der Waals surface area contributed by atoms with E-state index in [0.717, 1.165) is 21.6 Å². The molecule has 1 unspecified atom stereocenters. The second-order valence-corrected chi connectivity index (χ2v) is 7.48. The second-order valence-electron chi connectivity index (χ2n) is 6.02. The Morgan fingerprint density at radius 2 is 2.21 bits per heavy atom. The van der Waals surface area contributed by atoms with Crippen LogP contribution >= 0.6 is 22.9 Å². The lowest BCUT2D eigenvalue weighted by Crippen LogP contribution is -2.36. The van der Waals surface area contributed by atoms with Crippen LogP contribution in [-0.4, -0.2) is 41.7 Å². The first-order valence-electron chi connectivity index (χ1n) is 8.42. The van der Waals surface area contributed by atoms with E-state index in [4.69, 9.17) is 16.3 Å². The predicted molar refractivity (Wildman–Crippen MR) is 107 cm³/mol. The van der Waals surface area contributed by atoms with Crippen LogP contribution in [0.1, 0.15) is 15.4 Å². The molecule has 1 amide bonds. The van der Waals surface area contributed by atoms with Crippen LogP contribution in [0.3, 0.4) is 0 Å². The van der Waals surface area contributed by atoms with E-state index < -0.39 is 17.6 Å². The first kappa shape index (κ1) is 20.0. The van der Waals surface area contributed by atoms with Gasteiger partial charge in [0, 0.05) is 24.1 Å². The van der Waals surface area contributed by atoms with Gasteiger partial charge < -0.3 is 10.1 Å². The highest BCUT2D eigenvalue weighted by molar-refractivity contribution is 7.20. The van der Waals surface area contributed by atoms with Crippen LogP contribution in [0.4, 0.5) is 0 Å². The van der Waals surface area contributed by atoms with E-state index in [0.29, 0.717) is 16.5 Å². The van der Waals surface area contributed by atoms with Gasteiger partial charge in [0.15, 0.2) is 11.7 Å². The Morgan fingerprint density at radius 1 is 1.43 bits per heavy atom. The average Bonchev–Trinajstić information content (AvgIpc) is 3.23. The topological polar surface area (TPSA) is 97.0 Å². The average molecular weight is 417 g/mol. The zero-order chi connectivity index (χ0) is 20.3. The lowest BCUT2D eigenvalue weighted by molar-refractivity contribution is -0.122. The van der Waals surface area contributed by atoms with Gasteiger partial charge in [0.05, 0.1) is 28.9 Å². The van der Waals surface area contributed by atoms with Gasteiger partial charge in [0.2, 0.25) is 5.91 Å². The number of carbonyl (C=O) groups is 2. The number of hydrogen-bond acceptors (Lipinski definition) is 6. The maximum atomic E-state index is 12.8. The molecule has 28 heavy (non-hydrogen) atoms. The van der Waals surface area contributed by atoms with Crippen LogP contribution in [0.25, 0.3) is 15.9 Å². The summed E-state index contributed by atoms with van der Waals surface area (Å²) in [5.74, 6) is -2.57. The summed E-state index contributed by atoms with van der Waals surface area (Å²) in [6, 6.07) is 10.7. The molecule has 0 aliphatic heterocycles. The number of halogens is 1. The van der Waals surface area contributed by atoms with Crippen LogP contribution in [-0.2, 0) is 9.53 Å². The van der Waals surface area contributed by atoms with Crippen molar-refractivity contribution in [2.75, 3.05) is 20.3 Å². The molecule has 2 aromatic heterocycles. The van der Waals surface area contributed by atoms with Crippen molar-refractivity contribution in [3.05, 3.63) is 45.9 Å². The SMILES string of the molecule is COCCNC(=O)C(C#N)C(=O)c1cc2c(C)nn(-c3cccc(Cl)c3)c2s1. The summed E-state index contributed by atoms with van der Waals surface area (Å²) >= 11 is 7.27. The zero-order valence-corrected chi connectivity index (χ0v) is 16.8. The molecular formula is C19H17ClN4O3S. The van der Waals surface area contributed by atoms with Gasteiger partial charge in [-0.1, -0.05) is 17.7 Å². The molecule has 7 nitrogen and oxygen atoms in total. The number of methoxy groups -OCH3 is 1. The van der Waals surface area contributed by atoms with E-state index in [1.807, 2.05) is 19.1 Å². The molecule has 0 bridgehead atoms. The number of Topliss-reactive ketones (excluding diaryl/α,β-unsaturated/α-hetero) is 1. The second kappa shape index (κ2) is 8.52. The van der Waals surface area contributed by atoms with Gasteiger partial charge in [0.25, 0.3) is 0 Å². The third kappa shape index (κ3) is 3.92. The summed E-state index contributed by atoms with van der Waals surface area (Å²) in [5.41, 5.74) is 1.50. The van der Waals surface area contributed by atoms with Crippen molar-refractivity contribution in [1.29, 1.82) is 5.26 Å². The van der Waals surface area contributed by atoms with Crippen molar-refractivity contribution in [1.82, 2.24) is 15.1 Å². The predicted octanol–water partition coefficient (Wildman–Crippen LogP) is 3.13. The Hall–Kier alpha value is -2.73. The fourth-order valence-corrected chi connectivity index (χ4v) is 4.05. The van der Waals surface area contributed by atoms with Crippen molar-refractivity contribution in [3.8, 4) is 11.8 Å². The monoisotopic (exact) mass is 416 g/mol. The number of aromatic nitrogens is 2. The number of ether oxygens (including phenoxy) is 1. The maximum Gasteiger partial charge on any atom is 0.245 e.